The van der Waals surface area contributed by atoms with Gasteiger partial charge in [-0.15, -0.1) is 0 Å². The largest absolute Gasteiger partial charge is 0.333 e. The van der Waals surface area contributed by atoms with E-state index in [9.17, 15) is 0 Å². The van der Waals surface area contributed by atoms with Crippen molar-refractivity contribution in [2.24, 2.45) is 12.8 Å². The maximum Gasteiger partial charge on any atom is 0.0956 e. The van der Waals surface area contributed by atoms with Crippen molar-refractivity contribution in [2.75, 3.05) is 6.54 Å². The van der Waals surface area contributed by atoms with Crippen molar-refractivity contribution in [1.29, 1.82) is 0 Å². The van der Waals surface area contributed by atoms with Crippen LogP contribution in [0.5, 0.6) is 0 Å². The lowest BCUT2D eigenvalue weighted by molar-refractivity contribution is 0.833. The van der Waals surface area contributed by atoms with E-state index in [-0.39, 0.29) is 0 Å². The number of nitrogens with two attached hydrogens (primary N) is 1. The molecule has 0 aliphatic heterocycles. The molecule has 2 N–H and O–H groups in total. The maximum absolute atomic E-state index is 6.20. The van der Waals surface area contributed by atoms with Crippen LogP contribution in [-0.4, -0.2) is 16.1 Å². The van der Waals surface area contributed by atoms with E-state index < -0.39 is 0 Å². The number of rotatable bonds is 3. The number of aryl methyl sites for hydroxylation is 2. The van der Waals surface area contributed by atoms with Gasteiger partial charge in [-0.3, -0.25) is 0 Å². The molecule has 0 saturated carbocycles. The fourth-order valence-electron chi connectivity index (χ4n) is 1.74. The first-order valence-corrected chi connectivity index (χ1v) is 5.39. The molecule has 15 heavy (non-hydrogen) atoms. The molecule has 0 atom stereocenters. The highest BCUT2D eigenvalue weighted by molar-refractivity contribution is 6.35. The molecule has 80 valence electrons. The molecule has 2 aromatic rings. The van der Waals surface area contributed by atoms with Gasteiger partial charge in [0, 0.05) is 7.05 Å². The van der Waals surface area contributed by atoms with Crippen LogP contribution in [0.25, 0.3) is 11.0 Å². The van der Waals surface area contributed by atoms with Gasteiger partial charge in [0.25, 0.3) is 0 Å². The Labute approximate surface area is 93.9 Å². The zero-order valence-electron chi connectivity index (χ0n) is 8.70. The predicted octanol–water partition coefficient (Wildman–Crippen LogP) is 2.12. The Balaban J connectivity index is 2.44. The molecule has 0 spiro atoms. The highest BCUT2D eigenvalue weighted by atomic mass is 35.5. The van der Waals surface area contributed by atoms with Crippen molar-refractivity contribution >= 4 is 22.6 Å². The SMILES string of the molecule is Cn1cnc2cc(CCCN)cc(Cl)c21. The number of fused-ring (bicyclic) bond motifs is 1. The van der Waals surface area contributed by atoms with E-state index in [0.717, 1.165) is 28.9 Å². The molecule has 0 bridgehead atoms. The van der Waals surface area contributed by atoms with Crippen molar-refractivity contribution in [3.05, 3.63) is 29.0 Å². The number of nitrogens with zero attached hydrogens (tertiary/aromatic N) is 2. The molecule has 2 rings (SSSR count). The number of hydrogen-bond donors (Lipinski definition) is 1. The first kappa shape index (κ1) is 10.5. The minimum Gasteiger partial charge on any atom is -0.333 e. The molecule has 0 amide bonds. The summed E-state index contributed by atoms with van der Waals surface area (Å²) in [6.45, 7) is 0.706. The fourth-order valence-corrected chi connectivity index (χ4v) is 2.11. The summed E-state index contributed by atoms with van der Waals surface area (Å²) in [5.41, 5.74) is 8.63. The molecule has 0 unspecified atom stereocenters. The molecule has 0 aliphatic rings. The maximum atomic E-state index is 6.20. The summed E-state index contributed by atoms with van der Waals surface area (Å²) >= 11 is 6.20. The smallest absolute Gasteiger partial charge is 0.0956 e. The molecule has 0 radical (unpaired) electrons. The van der Waals surface area contributed by atoms with E-state index in [1.54, 1.807) is 6.33 Å². The van der Waals surface area contributed by atoms with Crippen LogP contribution >= 0.6 is 11.6 Å². The van der Waals surface area contributed by atoms with Crippen molar-refractivity contribution < 1.29 is 0 Å². The molecule has 0 aliphatic carbocycles. The predicted molar refractivity (Wildman–Crippen MR) is 63.1 cm³/mol. The minimum atomic E-state index is 0.706. The Kier molecular flexibility index (Phi) is 2.93. The molecule has 3 nitrogen and oxygen atoms in total. The fraction of sp³-hybridized carbons (Fsp3) is 0.364. The lowest BCUT2D eigenvalue weighted by Gasteiger charge is -2.03. The third-order valence-electron chi connectivity index (χ3n) is 2.50. The van der Waals surface area contributed by atoms with E-state index in [2.05, 4.69) is 11.1 Å². The van der Waals surface area contributed by atoms with Crippen molar-refractivity contribution in [2.45, 2.75) is 12.8 Å². The highest BCUT2D eigenvalue weighted by Gasteiger charge is 2.06. The van der Waals surface area contributed by atoms with Gasteiger partial charge in [-0.05, 0) is 37.1 Å². The zero-order valence-corrected chi connectivity index (χ0v) is 9.46. The standard InChI is InChI=1S/C11H14ClN3/c1-15-7-14-10-6-8(3-2-4-13)5-9(12)11(10)15/h5-7H,2-4,13H2,1H3. The van der Waals surface area contributed by atoms with E-state index in [0.29, 0.717) is 6.54 Å². The molecule has 1 aromatic heterocycles. The summed E-state index contributed by atoms with van der Waals surface area (Å²) in [7, 11) is 1.95. The summed E-state index contributed by atoms with van der Waals surface area (Å²) < 4.78 is 1.93. The number of hydrogen-bond acceptors (Lipinski definition) is 2. The third kappa shape index (κ3) is 1.98. The normalized spacial score (nSPS) is 11.1. The summed E-state index contributed by atoms with van der Waals surface area (Å²) in [6, 6.07) is 4.08. The van der Waals surface area contributed by atoms with Crippen LogP contribution in [-0.2, 0) is 13.5 Å². The van der Waals surface area contributed by atoms with Crippen LogP contribution < -0.4 is 5.73 Å². The van der Waals surface area contributed by atoms with Gasteiger partial charge in [0.1, 0.15) is 0 Å². The monoisotopic (exact) mass is 223 g/mol. The van der Waals surface area contributed by atoms with E-state index in [4.69, 9.17) is 17.3 Å². The third-order valence-corrected chi connectivity index (χ3v) is 2.78. The summed E-state index contributed by atoms with van der Waals surface area (Å²) in [4.78, 5) is 4.30. The van der Waals surface area contributed by atoms with Crippen LogP contribution in [0.2, 0.25) is 5.02 Å². The van der Waals surface area contributed by atoms with Gasteiger partial charge in [0.05, 0.1) is 22.4 Å². The Hall–Kier alpha value is -1.06. The number of aromatic nitrogens is 2. The van der Waals surface area contributed by atoms with Crippen LogP contribution in [0.3, 0.4) is 0 Å². The van der Waals surface area contributed by atoms with Crippen LogP contribution in [0, 0.1) is 0 Å². The van der Waals surface area contributed by atoms with Gasteiger partial charge >= 0.3 is 0 Å². The van der Waals surface area contributed by atoms with Gasteiger partial charge in [0.15, 0.2) is 0 Å². The van der Waals surface area contributed by atoms with Gasteiger partial charge in [-0.2, -0.15) is 0 Å². The number of imidazole rings is 1. The molecule has 0 saturated heterocycles. The average Bonchev–Trinajstić information content (AvgIpc) is 2.58. The van der Waals surface area contributed by atoms with Crippen molar-refractivity contribution in [3.63, 3.8) is 0 Å². The Morgan fingerprint density at radius 1 is 1.47 bits per heavy atom. The summed E-state index contributed by atoms with van der Waals surface area (Å²) in [5, 5.41) is 0.763. The molecular formula is C11H14ClN3. The lowest BCUT2D eigenvalue weighted by Crippen LogP contribution is -2.00. The highest BCUT2D eigenvalue weighted by Crippen LogP contribution is 2.24. The topological polar surface area (TPSA) is 43.8 Å². The van der Waals surface area contributed by atoms with Crippen LogP contribution in [0.1, 0.15) is 12.0 Å². The molecule has 1 heterocycles. The number of benzene rings is 1. The first-order chi connectivity index (χ1) is 7.22. The Morgan fingerprint density at radius 3 is 3.00 bits per heavy atom. The molecule has 1 aromatic carbocycles. The van der Waals surface area contributed by atoms with Gasteiger partial charge in [-0.25, -0.2) is 4.98 Å². The Bertz CT molecular complexity index is 476. The quantitative estimate of drug-likeness (QED) is 0.866. The second-order valence-corrected chi connectivity index (χ2v) is 4.10. The molecular weight excluding hydrogens is 210 g/mol. The average molecular weight is 224 g/mol. The minimum absolute atomic E-state index is 0.706. The first-order valence-electron chi connectivity index (χ1n) is 5.02. The van der Waals surface area contributed by atoms with E-state index >= 15 is 0 Å². The van der Waals surface area contributed by atoms with Gasteiger partial charge < -0.3 is 10.3 Å². The molecule has 0 fully saturated rings. The summed E-state index contributed by atoms with van der Waals surface area (Å²) in [6.07, 6.45) is 3.72. The van der Waals surface area contributed by atoms with Gasteiger partial charge in [0.2, 0.25) is 0 Å². The summed E-state index contributed by atoms with van der Waals surface area (Å²) in [5.74, 6) is 0. The van der Waals surface area contributed by atoms with Crippen molar-refractivity contribution in [1.82, 2.24) is 9.55 Å². The molecule has 4 heteroatoms. The second-order valence-electron chi connectivity index (χ2n) is 3.69. The second kappa shape index (κ2) is 4.21. The van der Waals surface area contributed by atoms with Crippen LogP contribution in [0.15, 0.2) is 18.5 Å². The number of halogens is 1. The van der Waals surface area contributed by atoms with Crippen LogP contribution in [0.4, 0.5) is 0 Å². The lowest BCUT2D eigenvalue weighted by atomic mass is 10.1. The zero-order chi connectivity index (χ0) is 10.8. The van der Waals surface area contributed by atoms with E-state index in [1.807, 2.05) is 17.7 Å². The van der Waals surface area contributed by atoms with Gasteiger partial charge in [-0.1, -0.05) is 11.6 Å². The van der Waals surface area contributed by atoms with E-state index in [1.165, 1.54) is 5.56 Å². The van der Waals surface area contributed by atoms with Crippen molar-refractivity contribution in [3.8, 4) is 0 Å². The Morgan fingerprint density at radius 2 is 2.27 bits per heavy atom.